The molecule has 6 heterocycles. The number of alkyl halides is 1. The number of fused-ring (bicyclic) bond motifs is 1. The summed E-state index contributed by atoms with van der Waals surface area (Å²) in [6.07, 6.45) is 18.6. The van der Waals surface area contributed by atoms with Gasteiger partial charge in [-0.05, 0) is 145 Å². The summed E-state index contributed by atoms with van der Waals surface area (Å²) in [5, 5.41) is 23.0. The Labute approximate surface area is 559 Å². The van der Waals surface area contributed by atoms with Gasteiger partial charge < -0.3 is 47.9 Å². The summed E-state index contributed by atoms with van der Waals surface area (Å²) in [6, 6.07) is 42.7. The summed E-state index contributed by atoms with van der Waals surface area (Å²) in [4.78, 5) is 25.8. The second kappa shape index (κ2) is 35.5. The molecule has 2 N–H and O–H groups in total. The van der Waals surface area contributed by atoms with Gasteiger partial charge in [-0.1, -0.05) is 199 Å². The molecule has 6 aliphatic rings. The van der Waals surface area contributed by atoms with Crippen LogP contribution in [0.1, 0.15) is 170 Å². The zero-order valence-electron chi connectivity index (χ0n) is 54.6. The maximum Gasteiger partial charge on any atom is 0.306 e. The molecule has 0 radical (unpaired) electrons. The molecule has 12 nitrogen and oxygen atoms in total. The van der Waals surface area contributed by atoms with Crippen LogP contribution >= 0.6 is 33.7 Å². The van der Waals surface area contributed by atoms with Crippen molar-refractivity contribution in [3.63, 3.8) is 0 Å². The SMILES string of the molecule is C=C1C[C@H](CCCO)OC1CC[C@@H]1CCC(=O)O1.C=C1C[C@H](CCCO[Si](c2ccccc2)(c2ccccc2)C(C)(C)C)OC1CC[C@@H]1CCC(=O)O1.CC(C)(C)[Si](Cl)(c1ccccc1)c1ccccc1.[C-]#[N+]CC[C@H]1CC[C@@H]2O[C@@H](CCCO)C[C@]2(CI)O1. The van der Waals surface area contributed by atoms with E-state index in [-0.39, 0.29) is 95.8 Å². The third-order valence-electron chi connectivity index (χ3n) is 18.7. The van der Waals surface area contributed by atoms with Gasteiger partial charge in [0, 0.05) is 49.9 Å². The maximum absolute atomic E-state index is 11.3. The first-order valence-electron chi connectivity index (χ1n) is 33.2. The summed E-state index contributed by atoms with van der Waals surface area (Å²) in [6.45, 7) is 30.6. The van der Waals surface area contributed by atoms with Crippen LogP contribution in [0.15, 0.2) is 146 Å². The van der Waals surface area contributed by atoms with Crippen LogP contribution in [0.3, 0.4) is 0 Å². The number of benzene rings is 4. The van der Waals surface area contributed by atoms with Crippen LogP contribution in [0.5, 0.6) is 0 Å². The predicted octanol–water partition coefficient (Wildman–Crippen LogP) is 13.9. The third kappa shape index (κ3) is 20.0. The van der Waals surface area contributed by atoms with Gasteiger partial charge in [-0.15, -0.1) is 0 Å². The first-order chi connectivity index (χ1) is 43.2. The summed E-state index contributed by atoms with van der Waals surface area (Å²) < 4.78 is 43.2. The number of hydrogen-bond donors (Lipinski definition) is 2. The first-order valence-corrected chi connectivity index (χ1v) is 39.7. The molecule has 6 aliphatic heterocycles. The van der Waals surface area contributed by atoms with Crippen LogP contribution in [0.25, 0.3) is 4.85 Å². The minimum absolute atomic E-state index is 0.0113. The van der Waals surface area contributed by atoms with Gasteiger partial charge >= 0.3 is 11.9 Å². The molecule has 6 saturated heterocycles. The van der Waals surface area contributed by atoms with Crippen molar-refractivity contribution in [1.29, 1.82) is 0 Å². The van der Waals surface area contributed by atoms with Crippen molar-refractivity contribution in [2.45, 2.75) is 241 Å². The minimum Gasteiger partial charge on any atom is -0.462 e. The quantitative estimate of drug-likeness (QED) is 0.0101. The lowest BCUT2D eigenvalue weighted by Gasteiger charge is -2.43. The lowest BCUT2D eigenvalue weighted by molar-refractivity contribution is -0.152. The molecule has 0 bridgehead atoms. The second-order valence-electron chi connectivity index (χ2n) is 27.3. The van der Waals surface area contributed by atoms with Crippen molar-refractivity contribution in [2.75, 3.05) is 30.8 Å². The zero-order chi connectivity index (χ0) is 64.8. The van der Waals surface area contributed by atoms with Crippen LogP contribution in [0, 0.1) is 6.57 Å². The number of ether oxygens (including phenoxy) is 6. The standard InChI is InChI=1S/C30H40O4Si.C16H19ClSi.C14H22INO3.C14H22O4/c1-23-22-25(33-28(23)19-17-24-18-20-29(31)34-24)12-11-21-32-35(30(2,3)4,26-13-7-5-8-14-26)27-15-9-6-10-16-27;1-16(2,3)18(17,14-10-6-4-7-11-14)15-12-8-5-9-13-15;1-16-7-6-11-4-5-13-14(10-15,19-11)9-12(18-13)3-2-8-17;1-10-9-12(3-2-8-15)17-13(10)6-4-11-5-7-14(16)18-11/h5-10,13-16,24-25,28H,1,11-12,17-22H2,2-4H3;4-13H,1-3H3;11-13,17H,2-10H2;11-13,15H,1-9H2/t24-,25+,28?;;11-,12+,13+,14-;11-,12+,13?/m1.11/s1. The molecule has 0 spiro atoms. The van der Waals surface area contributed by atoms with Crippen LogP contribution in [0.2, 0.25) is 10.1 Å². The molecule has 6 fully saturated rings. The van der Waals surface area contributed by atoms with Crippen molar-refractivity contribution in [1.82, 2.24) is 0 Å². The maximum atomic E-state index is 11.3. The zero-order valence-corrected chi connectivity index (χ0v) is 59.5. The van der Waals surface area contributed by atoms with E-state index in [2.05, 4.69) is 191 Å². The average molecular weight is 1400 g/mol. The third-order valence-corrected chi connectivity index (χ3v) is 32.3. The van der Waals surface area contributed by atoms with E-state index in [0.717, 1.165) is 126 Å². The number of nitrogens with zero attached hydrogens (tertiary/aromatic N) is 1. The van der Waals surface area contributed by atoms with Gasteiger partial charge in [-0.3, -0.25) is 9.59 Å². The Morgan fingerprint density at radius 2 is 1.02 bits per heavy atom. The van der Waals surface area contributed by atoms with E-state index >= 15 is 0 Å². The van der Waals surface area contributed by atoms with Gasteiger partial charge in [0.15, 0.2) is 0 Å². The van der Waals surface area contributed by atoms with Crippen molar-refractivity contribution in [3.05, 3.63) is 157 Å². The van der Waals surface area contributed by atoms with Crippen LogP contribution in [-0.4, -0.2) is 129 Å². The number of carbonyl (C=O) groups excluding carboxylic acids is 2. The van der Waals surface area contributed by atoms with E-state index in [1.54, 1.807) is 0 Å². The monoisotopic (exact) mass is 1400 g/mol. The van der Waals surface area contributed by atoms with Gasteiger partial charge in [0.05, 0.1) is 42.7 Å². The van der Waals surface area contributed by atoms with E-state index in [1.807, 2.05) is 12.1 Å². The predicted molar refractivity (Wildman–Crippen MR) is 376 cm³/mol. The Hall–Kier alpha value is -4.04. The molecular weight excluding hydrogens is 1300 g/mol. The van der Waals surface area contributed by atoms with Gasteiger partial charge in [0.2, 0.25) is 13.9 Å². The molecule has 2 unspecified atom stereocenters. The number of esters is 2. The van der Waals surface area contributed by atoms with Crippen LogP contribution in [0.4, 0.5) is 0 Å². The lowest BCUT2D eigenvalue weighted by Crippen LogP contribution is -2.66. The molecule has 492 valence electrons. The first kappa shape index (κ1) is 73.4. The molecule has 10 rings (SSSR count). The Morgan fingerprint density at radius 1 is 0.578 bits per heavy atom. The summed E-state index contributed by atoms with van der Waals surface area (Å²) in [5.41, 5.74) is 2.17. The number of hydrogen-bond acceptors (Lipinski definition) is 11. The summed E-state index contributed by atoms with van der Waals surface area (Å²) in [7, 11) is -4.72. The smallest absolute Gasteiger partial charge is 0.306 e. The lowest BCUT2D eigenvalue weighted by atomic mass is 9.87. The topological polar surface area (TPSA) is 144 Å². The Bertz CT molecular complexity index is 2790. The Morgan fingerprint density at radius 3 is 1.42 bits per heavy atom. The van der Waals surface area contributed by atoms with Gasteiger partial charge in [-0.25, -0.2) is 6.57 Å². The van der Waals surface area contributed by atoms with Crippen LogP contribution in [-0.2, 0) is 42.4 Å². The van der Waals surface area contributed by atoms with E-state index in [1.165, 1.54) is 26.3 Å². The summed E-state index contributed by atoms with van der Waals surface area (Å²) >= 11 is 9.60. The van der Waals surface area contributed by atoms with Gasteiger partial charge in [0.25, 0.3) is 8.32 Å². The van der Waals surface area contributed by atoms with E-state index in [4.69, 9.17) is 60.7 Å². The van der Waals surface area contributed by atoms with Crippen molar-refractivity contribution >= 4 is 82.1 Å². The molecule has 0 aliphatic carbocycles. The van der Waals surface area contributed by atoms with Crippen molar-refractivity contribution in [2.24, 2.45) is 0 Å². The highest BCUT2D eigenvalue weighted by Gasteiger charge is 2.53. The van der Waals surface area contributed by atoms with Gasteiger partial charge in [0.1, 0.15) is 17.8 Å². The molecule has 4 aromatic rings. The average Bonchev–Trinajstić information content (AvgIpc) is 0.988. The number of halogens is 2. The molecule has 90 heavy (non-hydrogen) atoms. The fraction of sp³-hybridized carbons (Fsp3) is 0.581. The van der Waals surface area contributed by atoms with Crippen molar-refractivity contribution < 1.29 is 52.6 Å². The minimum atomic E-state index is -2.49. The highest BCUT2D eigenvalue weighted by molar-refractivity contribution is 14.1. The number of cyclic esters (lactones) is 2. The normalized spacial score (nSPS) is 25.8. The molecule has 4 aromatic carbocycles. The highest BCUT2D eigenvalue weighted by atomic mass is 127. The number of aliphatic hydroxyl groups excluding tert-OH is 2. The molecule has 16 heteroatoms. The number of rotatable bonds is 24. The Balaban J connectivity index is 0.000000180. The second-order valence-corrected chi connectivity index (χ2v) is 38.1. The molecule has 10 atom stereocenters. The number of carbonyl (C=O) groups is 2. The highest BCUT2D eigenvalue weighted by Crippen LogP contribution is 2.45. The van der Waals surface area contributed by atoms with Crippen LogP contribution < -0.4 is 20.7 Å². The van der Waals surface area contributed by atoms with E-state index in [9.17, 15) is 9.59 Å². The molecule has 0 saturated carbocycles. The fourth-order valence-electron chi connectivity index (χ4n) is 13.9. The van der Waals surface area contributed by atoms with E-state index in [0.29, 0.717) is 26.0 Å². The van der Waals surface area contributed by atoms with Gasteiger partial charge in [-0.2, -0.15) is 11.1 Å². The number of aliphatic hydroxyl groups is 2. The largest absolute Gasteiger partial charge is 0.462 e. The molecule has 0 amide bonds. The van der Waals surface area contributed by atoms with E-state index < -0.39 is 15.7 Å². The Kier molecular flexibility index (Phi) is 28.9. The molecule has 0 aromatic heterocycles. The summed E-state index contributed by atoms with van der Waals surface area (Å²) in [5.74, 6) is -0.146. The van der Waals surface area contributed by atoms with Crippen molar-refractivity contribution in [3.8, 4) is 0 Å². The fourth-order valence-corrected chi connectivity index (χ4v) is 23.6. The molecular formula is C74H103ClINO11Si2.